The molecule has 2 atom stereocenters. The highest BCUT2D eigenvalue weighted by molar-refractivity contribution is 5.85. The van der Waals surface area contributed by atoms with E-state index in [1.807, 2.05) is 6.92 Å². The highest BCUT2D eigenvalue weighted by Crippen LogP contribution is 2.30. The van der Waals surface area contributed by atoms with Crippen LogP contribution in [-0.4, -0.2) is 44.4 Å². The van der Waals surface area contributed by atoms with Gasteiger partial charge in [-0.1, -0.05) is 12.8 Å². The van der Waals surface area contributed by atoms with Gasteiger partial charge in [-0.25, -0.2) is 0 Å². The molecule has 2 rings (SSSR count). The van der Waals surface area contributed by atoms with Gasteiger partial charge in [-0.05, 0) is 50.9 Å². The Bertz CT molecular complexity index is 332. The number of hydrogen-bond donors (Lipinski definition) is 2. The first-order chi connectivity index (χ1) is 10.7. The highest BCUT2D eigenvalue weighted by Gasteiger charge is 2.28. The summed E-state index contributed by atoms with van der Waals surface area (Å²) in [7, 11) is 0. The van der Waals surface area contributed by atoms with E-state index in [1.54, 1.807) is 0 Å². The summed E-state index contributed by atoms with van der Waals surface area (Å²) < 4.78 is 11.2. The fraction of sp³-hybridized carbons (Fsp3) is 0.941. The Morgan fingerprint density at radius 2 is 1.87 bits per heavy atom. The van der Waals surface area contributed by atoms with E-state index in [1.165, 1.54) is 25.7 Å². The Kier molecular flexibility index (Phi) is 10.1. The van der Waals surface area contributed by atoms with Crippen molar-refractivity contribution >= 4 is 18.3 Å². The number of rotatable bonds is 8. The molecule has 2 aliphatic rings. The standard InChI is InChI=1S/C17H32N2O3.ClH/c1-2-22-15(13-5-3-4-6-13)7-10-19-17(20)16(18)14-8-11-21-12-9-14;/h13-16H,2-12,18H2,1H3,(H,19,20);1H. The van der Waals surface area contributed by atoms with E-state index in [9.17, 15) is 4.79 Å². The molecule has 2 unspecified atom stereocenters. The van der Waals surface area contributed by atoms with Gasteiger partial charge in [-0.3, -0.25) is 4.79 Å². The van der Waals surface area contributed by atoms with Gasteiger partial charge in [0, 0.05) is 26.4 Å². The van der Waals surface area contributed by atoms with Gasteiger partial charge in [0.1, 0.15) is 0 Å². The van der Waals surface area contributed by atoms with Gasteiger partial charge < -0.3 is 20.5 Å². The second kappa shape index (κ2) is 11.2. The summed E-state index contributed by atoms with van der Waals surface area (Å²) in [6.45, 7) is 4.90. The van der Waals surface area contributed by atoms with Crippen molar-refractivity contribution in [3.8, 4) is 0 Å². The van der Waals surface area contributed by atoms with E-state index in [4.69, 9.17) is 15.2 Å². The lowest BCUT2D eigenvalue weighted by atomic mass is 9.92. The normalized spacial score (nSPS) is 22.3. The lowest BCUT2D eigenvalue weighted by Gasteiger charge is -2.27. The maximum Gasteiger partial charge on any atom is 0.237 e. The molecule has 1 heterocycles. The Labute approximate surface area is 146 Å². The van der Waals surface area contributed by atoms with Gasteiger partial charge >= 0.3 is 0 Å². The Morgan fingerprint density at radius 1 is 1.22 bits per heavy atom. The second-order valence-corrected chi connectivity index (χ2v) is 6.59. The molecule has 0 aromatic rings. The predicted molar refractivity (Wildman–Crippen MR) is 93.8 cm³/mol. The molecule has 1 amide bonds. The Balaban J connectivity index is 0.00000264. The first-order valence-corrected chi connectivity index (χ1v) is 8.95. The van der Waals surface area contributed by atoms with E-state index < -0.39 is 6.04 Å². The summed E-state index contributed by atoms with van der Waals surface area (Å²) in [6.07, 6.45) is 8.11. The summed E-state index contributed by atoms with van der Waals surface area (Å²) in [4.78, 5) is 12.2. The van der Waals surface area contributed by atoms with Crippen LogP contribution in [0, 0.1) is 11.8 Å². The molecule has 136 valence electrons. The van der Waals surface area contributed by atoms with Crippen molar-refractivity contribution in [3.63, 3.8) is 0 Å². The largest absolute Gasteiger partial charge is 0.381 e. The second-order valence-electron chi connectivity index (χ2n) is 6.59. The van der Waals surface area contributed by atoms with E-state index in [0.29, 0.717) is 12.5 Å². The van der Waals surface area contributed by atoms with E-state index in [2.05, 4.69) is 5.32 Å². The van der Waals surface area contributed by atoms with Crippen LogP contribution in [0.4, 0.5) is 0 Å². The molecule has 1 saturated heterocycles. The van der Waals surface area contributed by atoms with Crippen LogP contribution < -0.4 is 11.1 Å². The molecule has 5 nitrogen and oxygen atoms in total. The van der Waals surface area contributed by atoms with E-state index in [0.717, 1.165) is 39.1 Å². The summed E-state index contributed by atoms with van der Waals surface area (Å²) in [5, 5.41) is 3.01. The SMILES string of the molecule is CCOC(CCNC(=O)C(N)C1CCOCC1)C1CCCC1.Cl. The average Bonchev–Trinajstić information content (AvgIpc) is 3.08. The third-order valence-electron chi connectivity index (χ3n) is 5.11. The van der Waals surface area contributed by atoms with Crippen LogP contribution in [0.1, 0.15) is 51.9 Å². The predicted octanol–water partition coefficient (Wildman–Crippen LogP) is 2.26. The number of hydrogen-bond acceptors (Lipinski definition) is 4. The minimum Gasteiger partial charge on any atom is -0.381 e. The zero-order valence-electron chi connectivity index (χ0n) is 14.3. The first kappa shape index (κ1) is 20.7. The Hall–Kier alpha value is -0.360. The van der Waals surface area contributed by atoms with Crippen molar-refractivity contribution in [1.82, 2.24) is 5.32 Å². The summed E-state index contributed by atoms with van der Waals surface area (Å²) in [5.74, 6) is 0.904. The fourth-order valence-electron chi connectivity index (χ4n) is 3.74. The van der Waals surface area contributed by atoms with Crippen molar-refractivity contribution in [2.24, 2.45) is 17.6 Å². The third-order valence-corrected chi connectivity index (χ3v) is 5.11. The van der Waals surface area contributed by atoms with Crippen molar-refractivity contribution in [2.75, 3.05) is 26.4 Å². The lowest BCUT2D eigenvalue weighted by Crippen LogP contribution is -2.47. The minimum absolute atomic E-state index is 0. The highest BCUT2D eigenvalue weighted by atomic mass is 35.5. The molecule has 1 aliphatic carbocycles. The summed E-state index contributed by atoms with van der Waals surface area (Å²) in [5.41, 5.74) is 6.09. The molecule has 0 aromatic carbocycles. The van der Waals surface area contributed by atoms with Gasteiger partial charge in [0.2, 0.25) is 5.91 Å². The quantitative estimate of drug-likeness (QED) is 0.705. The lowest BCUT2D eigenvalue weighted by molar-refractivity contribution is -0.124. The Morgan fingerprint density at radius 3 is 2.48 bits per heavy atom. The zero-order valence-corrected chi connectivity index (χ0v) is 15.1. The number of nitrogens with one attached hydrogen (secondary N) is 1. The molecular formula is C17H33ClN2O3. The summed E-state index contributed by atoms with van der Waals surface area (Å²) in [6, 6.07) is -0.402. The average molecular weight is 349 g/mol. The number of nitrogens with two attached hydrogens (primary N) is 1. The molecule has 2 fully saturated rings. The van der Waals surface area contributed by atoms with Crippen LogP contribution in [0.2, 0.25) is 0 Å². The maximum atomic E-state index is 12.2. The number of amides is 1. The molecule has 6 heteroatoms. The van der Waals surface area contributed by atoms with Crippen LogP contribution >= 0.6 is 12.4 Å². The number of carbonyl (C=O) groups excluding carboxylic acids is 1. The zero-order chi connectivity index (χ0) is 15.8. The van der Waals surface area contributed by atoms with Crippen molar-refractivity contribution in [3.05, 3.63) is 0 Å². The van der Waals surface area contributed by atoms with Gasteiger partial charge in [-0.15, -0.1) is 12.4 Å². The van der Waals surface area contributed by atoms with Gasteiger partial charge in [-0.2, -0.15) is 0 Å². The number of carbonyl (C=O) groups is 1. The van der Waals surface area contributed by atoms with Crippen molar-refractivity contribution in [1.29, 1.82) is 0 Å². The monoisotopic (exact) mass is 348 g/mol. The maximum absolute atomic E-state index is 12.2. The molecule has 3 N–H and O–H groups in total. The van der Waals surface area contributed by atoms with Crippen LogP contribution in [-0.2, 0) is 14.3 Å². The minimum atomic E-state index is -0.402. The molecule has 0 aromatic heterocycles. The van der Waals surface area contributed by atoms with Crippen molar-refractivity contribution in [2.45, 2.75) is 64.0 Å². The molecule has 0 bridgehead atoms. The van der Waals surface area contributed by atoms with E-state index in [-0.39, 0.29) is 30.3 Å². The molecule has 0 spiro atoms. The first-order valence-electron chi connectivity index (χ1n) is 8.95. The molecule has 1 aliphatic heterocycles. The smallest absolute Gasteiger partial charge is 0.237 e. The summed E-state index contributed by atoms with van der Waals surface area (Å²) >= 11 is 0. The topological polar surface area (TPSA) is 73.6 Å². The van der Waals surface area contributed by atoms with Crippen LogP contribution in [0.3, 0.4) is 0 Å². The molecule has 23 heavy (non-hydrogen) atoms. The third kappa shape index (κ3) is 6.57. The van der Waals surface area contributed by atoms with E-state index >= 15 is 0 Å². The molecule has 0 radical (unpaired) electrons. The fourth-order valence-corrected chi connectivity index (χ4v) is 3.74. The van der Waals surface area contributed by atoms with Gasteiger partial charge in [0.05, 0.1) is 12.1 Å². The van der Waals surface area contributed by atoms with Crippen LogP contribution in [0.25, 0.3) is 0 Å². The molecule has 1 saturated carbocycles. The van der Waals surface area contributed by atoms with Crippen LogP contribution in [0.5, 0.6) is 0 Å². The molecular weight excluding hydrogens is 316 g/mol. The number of ether oxygens (including phenoxy) is 2. The van der Waals surface area contributed by atoms with Crippen molar-refractivity contribution < 1.29 is 14.3 Å². The van der Waals surface area contributed by atoms with Gasteiger partial charge in [0.25, 0.3) is 0 Å². The number of halogens is 1. The van der Waals surface area contributed by atoms with Gasteiger partial charge in [0.15, 0.2) is 0 Å². The van der Waals surface area contributed by atoms with Crippen LogP contribution in [0.15, 0.2) is 0 Å².